The number of benzene rings is 1. The summed E-state index contributed by atoms with van der Waals surface area (Å²) >= 11 is 3.15. The number of rotatable bonds is 6. The number of carbonyl (C=O) groups is 1. The first-order valence-corrected chi connectivity index (χ1v) is 12.3. The number of hydrogen-bond donors (Lipinski definition) is 1. The second-order valence-corrected chi connectivity index (χ2v) is 12.4. The molecule has 1 saturated heterocycles. The summed E-state index contributed by atoms with van der Waals surface area (Å²) in [7, 11) is -1.34. The molecule has 1 N–H and O–H groups in total. The lowest BCUT2D eigenvalue weighted by Gasteiger charge is -2.36. The van der Waals surface area contributed by atoms with E-state index in [0.29, 0.717) is 6.61 Å². The van der Waals surface area contributed by atoms with Crippen molar-refractivity contribution in [3.05, 3.63) is 46.4 Å². The van der Waals surface area contributed by atoms with Crippen LogP contribution in [0.3, 0.4) is 0 Å². The van der Waals surface area contributed by atoms with Gasteiger partial charge >= 0.3 is 5.97 Å². The van der Waals surface area contributed by atoms with Crippen molar-refractivity contribution < 1.29 is 13.7 Å². The minimum Gasteiger partial charge on any atom is -0.464 e. The Morgan fingerprint density at radius 2 is 1.89 bits per heavy atom. The molecule has 1 aromatic carbocycles. The van der Waals surface area contributed by atoms with Crippen LogP contribution in [0.5, 0.6) is 0 Å². The van der Waals surface area contributed by atoms with E-state index in [2.05, 4.69) is 16.2 Å². The van der Waals surface area contributed by atoms with E-state index in [-0.39, 0.29) is 5.97 Å². The van der Waals surface area contributed by atoms with Crippen molar-refractivity contribution in [1.82, 2.24) is 4.72 Å². The lowest BCUT2D eigenvalue weighted by Crippen LogP contribution is -2.48. The highest BCUT2D eigenvalue weighted by atomic mass is 32.2. The molecular weight excluding hydrogens is 410 g/mol. The maximum atomic E-state index is 13.1. The summed E-state index contributed by atoms with van der Waals surface area (Å²) in [5.74, 6) is 1.43. The van der Waals surface area contributed by atoms with Gasteiger partial charge in [0.1, 0.15) is 0 Å². The third-order valence-corrected chi connectivity index (χ3v) is 9.43. The number of hydrogen-bond acceptors (Lipinski definition) is 5. The summed E-state index contributed by atoms with van der Waals surface area (Å²) in [6.07, 6.45) is 3.76. The van der Waals surface area contributed by atoms with Crippen molar-refractivity contribution in [1.29, 1.82) is 0 Å². The maximum Gasteiger partial charge on any atom is 0.334 e. The van der Waals surface area contributed by atoms with Crippen LogP contribution < -0.4 is 4.72 Å². The molecule has 2 unspecified atom stereocenters. The van der Waals surface area contributed by atoms with Gasteiger partial charge in [0.25, 0.3) is 0 Å². The molecule has 1 aliphatic carbocycles. The van der Waals surface area contributed by atoms with Crippen LogP contribution in [0, 0.1) is 0 Å². The van der Waals surface area contributed by atoms with E-state index in [0.717, 1.165) is 28.2 Å². The topological polar surface area (TPSA) is 55.4 Å². The van der Waals surface area contributed by atoms with E-state index < -0.39 is 25.9 Å². The summed E-state index contributed by atoms with van der Waals surface area (Å²) < 4.78 is 20.4. The van der Waals surface area contributed by atoms with E-state index in [1.807, 2.05) is 58.0 Å². The zero-order valence-corrected chi connectivity index (χ0v) is 19.0. The Hall–Kier alpha value is -1.20. The predicted molar refractivity (Wildman–Crippen MR) is 120 cm³/mol. The highest BCUT2D eigenvalue weighted by Crippen LogP contribution is 2.53. The standard InChI is InChI=1S/C21H25NO3S3/c1-5-25-19(23)21(26-12-13-27-21)18(22-28(24)20(2,3)4)17-11-10-15-8-6-7-9-16(15)14-17/h8-11,14,18,22H,5,12-13H2,1-4H3. The van der Waals surface area contributed by atoms with Crippen LogP contribution in [0.15, 0.2) is 29.7 Å². The average Bonchev–Trinajstić information content (AvgIpc) is 3.16. The fourth-order valence-corrected chi connectivity index (χ4v) is 7.19. The van der Waals surface area contributed by atoms with Gasteiger partial charge in [0, 0.05) is 11.5 Å². The van der Waals surface area contributed by atoms with Crippen molar-refractivity contribution >= 4 is 52.6 Å². The molecule has 2 atom stereocenters. The lowest BCUT2D eigenvalue weighted by molar-refractivity contribution is -0.144. The Morgan fingerprint density at radius 1 is 1.25 bits per heavy atom. The van der Waals surface area contributed by atoms with Gasteiger partial charge in [-0.2, -0.15) is 0 Å². The monoisotopic (exact) mass is 435 g/mol. The normalized spacial score (nSPS) is 19.3. The molecule has 0 aromatic heterocycles. The fraction of sp³-hybridized carbons (Fsp3) is 0.476. The highest BCUT2D eigenvalue weighted by Gasteiger charge is 2.52. The van der Waals surface area contributed by atoms with Crippen LogP contribution >= 0.6 is 23.5 Å². The molecule has 0 radical (unpaired) electrons. The molecule has 2 aliphatic rings. The van der Waals surface area contributed by atoms with Gasteiger partial charge in [-0.1, -0.05) is 23.6 Å². The second kappa shape index (κ2) is 8.66. The number of nitrogens with one attached hydrogen (secondary N) is 1. The van der Waals surface area contributed by atoms with E-state index in [4.69, 9.17) is 4.74 Å². The second-order valence-electron chi connectivity index (χ2n) is 7.48. The summed E-state index contributed by atoms with van der Waals surface area (Å²) in [5, 5.41) is 0. The van der Waals surface area contributed by atoms with E-state index >= 15 is 0 Å². The molecule has 7 heteroatoms. The first kappa shape index (κ1) is 21.5. The van der Waals surface area contributed by atoms with Crippen LogP contribution in [0.2, 0.25) is 0 Å². The van der Waals surface area contributed by atoms with Gasteiger partial charge in [-0.25, -0.2) is 13.7 Å². The van der Waals surface area contributed by atoms with Crippen LogP contribution in [0.1, 0.15) is 50.4 Å². The maximum absolute atomic E-state index is 13.1. The van der Waals surface area contributed by atoms with Crippen molar-refractivity contribution in [2.75, 3.05) is 18.1 Å². The summed E-state index contributed by atoms with van der Waals surface area (Å²) in [5.41, 5.74) is 8.92. The zero-order valence-electron chi connectivity index (χ0n) is 16.5. The number of fused-ring (bicyclic) bond motifs is 1. The molecule has 4 nitrogen and oxygen atoms in total. The number of thioether (sulfide) groups is 2. The van der Waals surface area contributed by atoms with Crippen LogP contribution in [-0.4, -0.2) is 37.1 Å². The van der Waals surface area contributed by atoms with Gasteiger partial charge in [0.05, 0.1) is 28.4 Å². The number of esters is 1. The van der Waals surface area contributed by atoms with Gasteiger partial charge in [-0.05, 0) is 62.6 Å². The van der Waals surface area contributed by atoms with Gasteiger partial charge in [-0.3, -0.25) is 0 Å². The predicted octanol–water partition coefficient (Wildman–Crippen LogP) is 4.31. The van der Waals surface area contributed by atoms with Gasteiger partial charge < -0.3 is 4.74 Å². The molecule has 0 amide bonds. The molecule has 0 spiro atoms. The molecule has 28 heavy (non-hydrogen) atoms. The quantitative estimate of drug-likeness (QED) is 0.541. The van der Waals surface area contributed by atoms with E-state index in [1.54, 1.807) is 23.5 Å². The van der Waals surface area contributed by atoms with Crippen LogP contribution in [-0.2, 0) is 20.5 Å². The largest absolute Gasteiger partial charge is 0.464 e. The molecule has 3 rings (SSSR count). The zero-order chi connectivity index (χ0) is 20.4. The highest BCUT2D eigenvalue weighted by molar-refractivity contribution is 8.22. The molecule has 1 aromatic rings. The first-order valence-electron chi connectivity index (χ1n) is 9.22. The minimum atomic E-state index is -1.34. The van der Waals surface area contributed by atoms with Crippen LogP contribution in [0.4, 0.5) is 0 Å². The van der Waals surface area contributed by atoms with Crippen molar-refractivity contribution in [2.45, 2.75) is 42.6 Å². The van der Waals surface area contributed by atoms with Gasteiger partial charge in [-0.15, -0.1) is 23.5 Å². The lowest BCUT2D eigenvalue weighted by atomic mass is 9.96. The summed E-state index contributed by atoms with van der Waals surface area (Å²) in [6, 6.07) is 5.59. The number of ether oxygens (including phenoxy) is 1. The van der Waals surface area contributed by atoms with Crippen molar-refractivity contribution in [2.24, 2.45) is 0 Å². The first-order chi connectivity index (χ1) is 13.3. The molecular formula is C21H25NO3S3. The number of carbonyl (C=O) groups excluding carboxylic acids is 1. The van der Waals surface area contributed by atoms with Gasteiger partial charge in [0.15, 0.2) is 4.08 Å². The molecule has 0 saturated carbocycles. The Kier molecular flexibility index (Phi) is 6.65. The third kappa shape index (κ3) is 4.35. The average molecular weight is 436 g/mol. The molecule has 0 bridgehead atoms. The fourth-order valence-electron chi connectivity index (χ4n) is 2.98. The van der Waals surface area contributed by atoms with Crippen molar-refractivity contribution in [3.63, 3.8) is 0 Å². The van der Waals surface area contributed by atoms with E-state index in [1.165, 1.54) is 0 Å². The van der Waals surface area contributed by atoms with Crippen molar-refractivity contribution in [3.8, 4) is 0 Å². The summed E-state index contributed by atoms with van der Waals surface area (Å²) in [6.45, 7) is 7.90. The van der Waals surface area contributed by atoms with Crippen LogP contribution in [0.25, 0.3) is 12.2 Å². The van der Waals surface area contributed by atoms with Gasteiger partial charge in [0.2, 0.25) is 0 Å². The SMILES string of the molecule is CCOC(=O)C1(C(NS(=O)C(C)(C)C)c2ccc3c(c2)C=C=C=C3)SCCS1. The molecule has 150 valence electrons. The Morgan fingerprint density at radius 3 is 2.50 bits per heavy atom. The molecule has 1 aliphatic heterocycles. The smallest absolute Gasteiger partial charge is 0.334 e. The Labute approximate surface area is 177 Å². The molecule has 1 heterocycles. The Bertz CT molecular complexity index is 885. The summed E-state index contributed by atoms with van der Waals surface area (Å²) in [4.78, 5) is 13.1. The minimum absolute atomic E-state index is 0.265. The molecule has 1 fully saturated rings. The Balaban J connectivity index is 2.07. The van der Waals surface area contributed by atoms with E-state index in [9.17, 15) is 9.00 Å². The third-order valence-electron chi connectivity index (χ3n) is 4.42.